The molecule has 0 aromatic heterocycles. The Morgan fingerprint density at radius 2 is 2.17 bits per heavy atom. The molecular weight excluding hydrogens is 232 g/mol. The average Bonchev–Trinajstić information content (AvgIpc) is 2.33. The Hall–Kier alpha value is -1.62. The maximum absolute atomic E-state index is 10.9. The highest BCUT2D eigenvalue weighted by atomic mass is 16.6. The van der Waals surface area contributed by atoms with Crippen LogP contribution in [0.3, 0.4) is 0 Å². The zero-order valence-corrected chi connectivity index (χ0v) is 11.1. The van der Waals surface area contributed by atoms with Gasteiger partial charge in [-0.15, -0.1) is 0 Å². The molecule has 1 N–H and O–H groups in total. The summed E-state index contributed by atoms with van der Waals surface area (Å²) in [5, 5.41) is 14.0. The van der Waals surface area contributed by atoms with Gasteiger partial charge in [0, 0.05) is 12.6 Å². The summed E-state index contributed by atoms with van der Waals surface area (Å²) >= 11 is 0. The first kappa shape index (κ1) is 14.4. The number of nitro groups is 1. The number of hydrogen-bond acceptors (Lipinski definition) is 4. The predicted molar refractivity (Wildman–Crippen MR) is 71.8 cm³/mol. The molecule has 0 unspecified atom stereocenters. The van der Waals surface area contributed by atoms with Crippen molar-refractivity contribution in [3.63, 3.8) is 0 Å². The van der Waals surface area contributed by atoms with Crippen molar-refractivity contribution in [2.75, 3.05) is 11.9 Å². The number of benzene rings is 1. The summed E-state index contributed by atoms with van der Waals surface area (Å²) in [7, 11) is 0. The molecule has 1 aromatic carbocycles. The first-order valence-corrected chi connectivity index (χ1v) is 6.17. The minimum atomic E-state index is -0.370. The van der Waals surface area contributed by atoms with Gasteiger partial charge in [0.05, 0.1) is 17.6 Å². The van der Waals surface area contributed by atoms with E-state index in [1.807, 2.05) is 20.8 Å². The van der Waals surface area contributed by atoms with Gasteiger partial charge in [-0.1, -0.05) is 6.92 Å². The third kappa shape index (κ3) is 4.33. The lowest BCUT2D eigenvalue weighted by Crippen LogP contribution is -2.06. The third-order valence-corrected chi connectivity index (χ3v) is 2.41. The van der Waals surface area contributed by atoms with Crippen molar-refractivity contribution in [1.82, 2.24) is 0 Å². The van der Waals surface area contributed by atoms with E-state index in [2.05, 4.69) is 5.32 Å². The van der Waals surface area contributed by atoms with E-state index in [9.17, 15) is 10.1 Å². The van der Waals surface area contributed by atoms with Crippen LogP contribution in [0.5, 0.6) is 0 Å². The van der Waals surface area contributed by atoms with Crippen molar-refractivity contribution in [3.05, 3.63) is 33.9 Å². The monoisotopic (exact) mass is 252 g/mol. The minimum Gasteiger partial charge on any atom is -0.379 e. The van der Waals surface area contributed by atoms with Crippen LogP contribution < -0.4 is 5.32 Å². The van der Waals surface area contributed by atoms with Gasteiger partial charge < -0.3 is 10.1 Å². The molecule has 0 bridgehead atoms. The molecule has 0 fully saturated rings. The van der Waals surface area contributed by atoms with E-state index in [-0.39, 0.29) is 16.7 Å². The highest BCUT2D eigenvalue weighted by Gasteiger charge is 2.13. The molecule has 5 nitrogen and oxygen atoms in total. The van der Waals surface area contributed by atoms with Crippen LogP contribution in [0.2, 0.25) is 0 Å². The van der Waals surface area contributed by atoms with Crippen molar-refractivity contribution in [3.8, 4) is 0 Å². The second-order valence-corrected chi connectivity index (χ2v) is 4.40. The van der Waals surface area contributed by atoms with Crippen molar-refractivity contribution >= 4 is 11.4 Å². The maximum atomic E-state index is 10.9. The molecule has 0 aliphatic rings. The quantitative estimate of drug-likeness (QED) is 0.597. The molecular formula is C13H20N2O3. The van der Waals surface area contributed by atoms with Crippen LogP contribution in [-0.2, 0) is 11.3 Å². The summed E-state index contributed by atoms with van der Waals surface area (Å²) < 4.78 is 5.49. The lowest BCUT2D eigenvalue weighted by atomic mass is 10.1. The maximum Gasteiger partial charge on any atom is 0.292 e. The molecule has 18 heavy (non-hydrogen) atoms. The normalized spacial score (nSPS) is 10.7. The lowest BCUT2D eigenvalue weighted by Gasteiger charge is -2.10. The molecule has 0 amide bonds. The summed E-state index contributed by atoms with van der Waals surface area (Å²) in [5.74, 6) is 0. The van der Waals surface area contributed by atoms with E-state index < -0.39 is 0 Å². The molecule has 0 saturated heterocycles. The highest BCUT2D eigenvalue weighted by Crippen LogP contribution is 2.25. The van der Waals surface area contributed by atoms with E-state index in [1.54, 1.807) is 12.1 Å². The van der Waals surface area contributed by atoms with Crippen LogP contribution in [0.25, 0.3) is 0 Å². The zero-order valence-electron chi connectivity index (χ0n) is 11.1. The van der Waals surface area contributed by atoms with Gasteiger partial charge in [-0.05, 0) is 38.0 Å². The van der Waals surface area contributed by atoms with E-state index in [0.717, 1.165) is 18.5 Å². The Morgan fingerprint density at radius 1 is 1.44 bits per heavy atom. The molecule has 1 aromatic rings. The Bertz CT molecular complexity index is 405. The van der Waals surface area contributed by atoms with Crippen LogP contribution >= 0.6 is 0 Å². The molecule has 0 saturated carbocycles. The van der Waals surface area contributed by atoms with E-state index in [1.165, 1.54) is 6.07 Å². The van der Waals surface area contributed by atoms with Crippen LogP contribution in [0.4, 0.5) is 11.4 Å². The van der Waals surface area contributed by atoms with Gasteiger partial charge in [0.15, 0.2) is 0 Å². The molecule has 0 atom stereocenters. The Kier molecular flexibility index (Phi) is 5.58. The lowest BCUT2D eigenvalue weighted by molar-refractivity contribution is -0.384. The standard InChI is InChI=1S/C13H20N2O3/c1-4-7-14-12-8-11(9-18-10(2)3)5-6-13(12)15(16)17/h5-6,8,10,14H,4,7,9H2,1-3H3. The Labute approximate surface area is 107 Å². The molecule has 0 heterocycles. The van der Waals surface area contributed by atoms with E-state index in [4.69, 9.17) is 4.74 Å². The van der Waals surface area contributed by atoms with Crippen LogP contribution in [0.1, 0.15) is 32.8 Å². The van der Waals surface area contributed by atoms with Gasteiger partial charge in [-0.2, -0.15) is 0 Å². The Balaban J connectivity index is 2.86. The van der Waals surface area contributed by atoms with E-state index >= 15 is 0 Å². The number of nitro benzene ring substituents is 1. The SMILES string of the molecule is CCCNc1cc(COC(C)C)ccc1[N+](=O)[O-]. The number of hydrogen-bond donors (Lipinski definition) is 1. The fourth-order valence-electron chi connectivity index (χ4n) is 1.50. The van der Waals surface area contributed by atoms with Crippen LogP contribution in [0.15, 0.2) is 18.2 Å². The molecule has 0 radical (unpaired) electrons. The Morgan fingerprint density at radius 3 is 2.72 bits per heavy atom. The van der Waals surface area contributed by atoms with Crippen molar-refractivity contribution in [2.45, 2.75) is 39.9 Å². The fourth-order valence-corrected chi connectivity index (χ4v) is 1.50. The minimum absolute atomic E-state index is 0.108. The summed E-state index contributed by atoms with van der Waals surface area (Å²) in [6, 6.07) is 5.05. The number of rotatable bonds is 7. The fraction of sp³-hybridized carbons (Fsp3) is 0.538. The first-order chi connectivity index (χ1) is 8.54. The number of nitrogens with zero attached hydrogens (tertiary/aromatic N) is 1. The van der Waals surface area contributed by atoms with Gasteiger partial charge >= 0.3 is 0 Å². The number of nitrogens with one attached hydrogen (secondary N) is 1. The second-order valence-electron chi connectivity index (χ2n) is 4.40. The molecule has 5 heteroatoms. The average molecular weight is 252 g/mol. The number of ether oxygens (including phenoxy) is 1. The van der Waals surface area contributed by atoms with E-state index in [0.29, 0.717) is 12.3 Å². The van der Waals surface area contributed by atoms with Crippen molar-refractivity contribution in [2.24, 2.45) is 0 Å². The van der Waals surface area contributed by atoms with Crippen molar-refractivity contribution in [1.29, 1.82) is 0 Å². The summed E-state index contributed by atoms with van der Waals surface area (Å²) in [5.41, 5.74) is 1.61. The van der Waals surface area contributed by atoms with Gasteiger partial charge in [0.2, 0.25) is 0 Å². The number of anilines is 1. The molecule has 0 aliphatic carbocycles. The van der Waals surface area contributed by atoms with Gasteiger partial charge in [0.25, 0.3) is 5.69 Å². The smallest absolute Gasteiger partial charge is 0.292 e. The van der Waals surface area contributed by atoms with Gasteiger partial charge in [-0.3, -0.25) is 10.1 Å². The second kappa shape index (κ2) is 6.96. The molecule has 100 valence electrons. The summed E-state index contributed by atoms with van der Waals surface area (Å²) in [4.78, 5) is 10.5. The molecule has 0 aliphatic heterocycles. The summed E-state index contributed by atoms with van der Waals surface area (Å²) in [6.45, 7) is 7.12. The summed E-state index contributed by atoms with van der Waals surface area (Å²) in [6.07, 6.45) is 1.07. The van der Waals surface area contributed by atoms with Crippen LogP contribution in [-0.4, -0.2) is 17.6 Å². The van der Waals surface area contributed by atoms with Gasteiger partial charge in [0.1, 0.15) is 5.69 Å². The highest BCUT2D eigenvalue weighted by molar-refractivity contribution is 5.62. The van der Waals surface area contributed by atoms with Crippen molar-refractivity contribution < 1.29 is 9.66 Å². The zero-order chi connectivity index (χ0) is 13.5. The van der Waals surface area contributed by atoms with Crippen LogP contribution in [0, 0.1) is 10.1 Å². The largest absolute Gasteiger partial charge is 0.379 e. The first-order valence-electron chi connectivity index (χ1n) is 6.17. The topological polar surface area (TPSA) is 64.4 Å². The van der Waals surface area contributed by atoms with Gasteiger partial charge in [-0.25, -0.2) is 0 Å². The molecule has 1 rings (SSSR count). The molecule has 0 spiro atoms. The predicted octanol–water partition coefficient (Wildman–Crippen LogP) is 3.34. The third-order valence-electron chi connectivity index (χ3n) is 2.41.